The van der Waals surface area contributed by atoms with Gasteiger partial charge in [-0.1, -0.05) is 6.07 Å². The molecule has 1 fully saturated rings. The first-order chi connectivity index (χ1) is 9.10. The highest BCUT2D eigenvalue weighted by Crippen LogP contribution is 2.17. The Balaban J connectivity index is 1.92. The summed E-state index contributed by atoms with van der Waals surface area (Å²) >= 11 is 0. The quantitative estimate of drug-likeness (QED) is 0.907. The van der Waals surface area contributed by atoms with Crippen molar-refractivity contribution in [1.29, 1.82) is 0 Å². The number of nitrogens with zero attached hydrogens (tertiary/aromatic N) is 1. The molecule has 0 atom stereocenters. The van der Waals surface area contributed by atoms with E-state index in [1.54, 1.807) is 4.90 Å². The van der Waals surface area contributed by atoms with Crippen molar-refractivity contribution in [3.05, 3.63) is 35.4 Å². The van der Waals surface area contributed by atoms with E-state index in [0.29, 0.717) is 31.1 Å². The molecule has 0 unspecified atom stereocenters. The van der Waals surface area contributed by atoms with Crippen molar-refractivity contribution in [3.63, 3.8) is 0 Å². The fraction of sp³-hybridized carbons (Fsp3) is 0.500. The molecule has 104 valence electrons. The predicted octanol–water partition coefficient (Wildman–Crippen LogP) is 1.70. The minimum atomic E-state index is -0.910. The zero-order valence-corrected chi connectivity index (χ0v) is 10.7. The maximum atomic E-state index is 13.1. The van der Waals surface area contributed by atoms with Gasteiger partial charge in [0.25, 0.3) is 0 Å². The van der Waals surface area contributed by atoms with Gasteiger partial charge in [-0.2, -0.15) is 0 Å². The largest absolute Gasteiger partial charge is 0.342 e. The molecule has 0 aliphatic carbocycles. The lowest BCUT2D eigenvalue weighted by molar-refractivity contribution is -0.131. The number of piperidine rings is 1. The molecule has 0 bridgehead atoms. The Morgan fingerprint density at radius 1 is 1.26 bits per heavy atom. The molecule has 2 rings (SSSR count). The lowest BCUT2D eigenvalue weighted by Gasteiger charge is -2.31. The van der Waals surface area contributed by atoms with E-state index in [1.807, 2.05) is 0 Å². The van der Waals surface area contributed by atoms with Gasteiger partial charge in [0.1, 0.15) is 0 Å². The molecule has 5 heteroatoms. The van der Waals surface area contributed by atoms with Crippen molar-refractivity contribution in [3.8, 4) is 0 Å². The lowest BCUT2D eigenvalue weighted by Crippen LogP contribution is -2.40. The van der Waals surface area contributed by atoms with Crippen LogP contribution in [0.3, 0.4) is 0 Å². The highest BCUT2D eigenvalue weighted by Gasteiger charge is 2.22. The molecular formula is C14H18F2N2O. The van der Waals surface area contributed by atoms with Gasteiger partial charge >= 0.3 is 0 Å². The van der Waals surface area contributed by atoms with Crippen LogP contribution in [0, 0.1) is 17.6 Å². The van der Waals surface area contributed by atoms with Crippen LogP contribution in [-0.2, 0) is 11.2 Å². The van der Waals surface area contributed by atoms with Crippen LogP contribution >= 0.6 is 0 Å². The number of likely N-dealkylation sites (tertiary alicyclic amines) is 1. The normalized spacial score (nSPS) is 16.7. The van der Waals surface area contributed by atoms with E-state index in [4.69, 9.17) is 5.73 Å². The van der Waals surface area contributed by atoms with Crippen molar-refractivity contribution in [2.24, 2.45) is 11.7 Å². The second kappa shape index (κ2) is 6.10. The van der Waals surface area contributed by atoms with Gasteiger partial charge in [0, 0.05) is 13.1 Å². The smallest absolute Gasteiger partial charge is 0.226 e. The number of benzene rings is 1. The van der Waals surface area contributed by atoms with Gasteiger partial charge in [-0.25, -0.2) is 8.78 Å². The first-order valence-corrected chi connectivity index (χ1v) is 6.52. The van der Waals surface area contributed by atoms with Crippen LogP contribution in [0.1, 0.15) is 18.4 Å². The monoisotopic (exact) mass is 268 g/mol. The second-order valence-electron chi connectivity index (χ2n) is 4.99. The third-order valence-electron chi connectivity index (χ3n) is 3.64. The molecule has 1 saturated heterocycles. The minimum absolute atomic E-state index is 0.0403. The van der Waals surface area contributed by atoms with Gasteiger partial charge in [-0.3, -0.25) is 4.79 Å². The van der Waals surface area contributed by atoms with E-state index >= 15 is 0 Å². The van der Waals surface area contributed by atoms with Gasteiger partial charge in [-0.05, 0) is 43.0 Å². The summed E-state index contributed by atoms with van der Waals surface area (Å²) in [6.45, 7) is 2.06. The fourth-order valence-electron chi connectivity index (χ4n) is 2.35. The Labute approximate surface area is 111 Å². The van der Waals surface area contributed by atoms with Crippen LogP contribution in [0.25, 0.3) is 0 Å². The van der Waals surface area contributed by atoms with Crippen LogP contribution in [0.4, 0.5) is 8.78 Å². The molecule has 1 aliphatic rings. The third-order valence-corrected chi connectivity index (χ3v) is 3.64. The fourth-order valence-corrected chi connectivity index (χ4v) is 2.35. The van der Waals surface area contributed by atoms with E-state index < -0.39 is 11.6 Å². The molecular weight excluding hydrogens is 250 g/mol. The maximum Gasteiger partial charge on any atom is 0.226 e. The van der Waals surface area contributed by atoms with Gasteiger partial charge in [0.05, 0.1) is 6.42 Å². The number of carbonyl (C=O) groups is 1. The zero-order chi connectivity index (χ0) is 13.8. The first-order valence-electron chi connectivity index (χ1n) is 6.52. The molecule has 1 heterocycles. The standard InChI is InChI=1S/C14H18F2N2O/c15-12-2-1-11(7-13(12)16)8-14(19)18-5-3-10(9-17)4-6-18/h1-2,7,10H,3-6,8-9,17H2. The predicted molar refractivity (Wildman–Crippen MR) is 68.4 cm³/mol. The second-order valence-corrected chi connectivity index (χ2v) is 4.99. The zero-order valence-electron chi connectivity index (χ0n) is 10.7. The Morgan fingerprint density at radius 3 is 2.53 bits per heavy atom. The van der Waals surface area contributed by atoms with Crippen LogP contribution in [-0.4, -0.2) is 30.4 Å². The Bertz CT molecular complexity index is 457. The molecule has 19 heavy (non-hydrogen) atoms. The molecule has 1 aliphatic heterocycles. The average Bonchev–Trinajstić information content (AvgIpc) is 2.43. The van der Waals surface area contributed by atoms with E-state index in [9.17, 15) is 13.6 Å². The van der Waals surface area contributed by atoms with Crippen molar-refractivity contribution in [2.75, 3.05) is 19.6 Å². The van der Waals surface area contributed by atoms with Crippen LogP contribution < -0.4 is 5.73 Å². The van der Waals surface area contributed by atoms with Crippen molar-refractivity contribution in [1.82, 2.24) is 4.90 Å². The van der Waals surface area contributed by atoms with Gasteiger partial charge in [0.15, 0.2) is 11.6 Å². The van der Waals surface area contributed by atoms with E-state index in [1.165, 1.54) is 6.07 Å². The summed E-state index contributed by atoms with van der Waals surface area (Å²) in [4.78, 5) is 13.8. The summed E-state index contributed by atoms with van der Waals surface area (Å²) in [5.41, 5.74) is 6.10. The highest BCUT2D eigenvalue weighted by atomic mass is 19.2. The summed E-state index contributed by atoms with van der Waals surface area (Å²) < 4.78 is 25.8. The summed E-state index contributed by atoms with van der Waals surface area (Å²) in [5, 5.41) is 0. The highest BCUT2D eigenvalue weighted by molar-refractivity contribution is 5.78. The Hall–Kier alpha value is -1.49. The van der Waals surface area contributed by atoms with Crippen LogP contribution in [0.2, 0.25) is 0 Å². The first kappa shape index (κ1) is 13.9. The van der Waals surface area contributed by atoms with Crippen molar-refractivity contribution in [2.45, 2.75) is 19.3 Å². The number of hydrogen-bond donors (Lipinski definition) is 1. The average molecular weight is 268 g/mol. The third kappa shape index (κ3) is 3.50. The Kier molecular flexibility index (Phi) is 4.47. The van der Waals surface area contributed by atoms with E-state index in [2.05, 4.69) is 0 Å². The number of amides is 1. The van der Waals surface area contributed by atoms with E-state index in [-0.39, 0.29) is 12.3 Å². The molecule has 0 spiro atoms. The number of hydrogen-bond acceptors (Lipinski definition) is 2. The topological polar surface area (TPSA) is 46.3 Å². The number of nitrogens with two attached hydrogens (primary N) is 1. The Morgan fingerprint density at radius 2 is 1.95 bits per heavy atom. The number of rotatable bonds is 3. The lowest BCUT2D eigenvalue weighted by atomic mass is 9.96. The van der Waals surface area contributed by atoms with Gasteiger partial charge in [0.2, 0.25) is 5.91 Å². The number of carbonyl (C=O) groups excluding carboxylic acids is 1. The molecule has 0 radical (unpaired) electrons. The SMILES string of the molecule is NCC1CCN(C(=O)Cc2ccc(F)c(F)c2)CC1. The molecule has 1 amide bonds. The van der Waals surface area contributed by atoms with Crippen molar-refractivity contribution >= 4 is 5.91 Å². The summed E-state index contributed by atoms with van der Waals surface area (Å²) in [6.07, 6.45) is 1.95. The minimum Gasteiger partial charge on any atom is -0.342 e. The maximum absolute atomic E-state index is 13.1. The molecule has 3 nitrogen and oxygen atoms in total. The summed E-state index contributed by atoms with van der Waals surface area (Å²) in [6, 6.07) is 3.58. The van der Waals surface area contributed by atoms with Gasteiger partial charge in [-0.15, -0.1) is 0 Å². The van der Waals surface area contributed by atoms with Crippen LogP contribution in [0.5, 0.6) is 0 Å². The van der Waals surface area contributed by atoms with E-state index in [0.717, 1.165) is 25.0 Å². The molecule has 0 saturated carbocycles. The molecule has 0 aromatic heterocycles. The molecule has 1 aromatic rings. The van der Waals surface area contributed by atoms with Gasteiger partial charge < -0.3 is 10.6 Å². The number of halogens is 2. The molecule has 1 aromatic carbocycles. The van der Waals surface area contributed by atoms with Crippen LogP contribution in [0.15, 0.2) is 18.2 Å². The summed E-state index contributed by atoms with van der Waals surface area (Å²) in [7, 11) is 0. The summed E-state index contributed by atoms with van der Waals surface area (Å²) in [5.74, 6) is -1.35. The molecule has 2 N–H and O–H groups in total. The van der Waals surface area contributed by atoms with Crippen molar-refractivity contribution < 1.29 is 13.6 Å².